The minimum atomic E-state index is -1.24. The molecule has 0 N–H and O–H groups in total. The maximum Gasteiger partial charge on any atom is 3.00 e. The molecule has 2 rings (SSSR count). The summed E-state index contributed by atoms with van der Waals surface area (Å²) in [6, 6.07) is 9.25. The van der Waals surface area contributed by atoms with Gasteiger partial charge in [-0.05, 0) is 24.3 Å². The Morgan fingerprint density at radius 2 is 1.16 bits per heavy atom. The number of aromatic nitrogens is 2. The third-order valence-electron chi connectivity index (χ3n) is 1.75. The molecule has 98 valence electrons. The van der Waals surface area contributed by atoms with Crippen LogP contribution in [-0.2, 0) is 16.8 Å². The van der Waals surface area contributed by atoms with Crippen LogP contribution < -0.4 is 10.2 Å². The molecule has 0 saturated heterocycles. The van der Waals surface area contributed by atoms with Gasteiger partial charge in [-0.1, -0.05) is 12.1 Å². The van der Waals surface area contributed by atoms with E-state index in [0.717, 1.165) is 0 Å². The first-order chi connectivity index (χ1) is 8.61. The van der Waals surface area contributed by atoms with Gasteiger partial charge in [-0.15, -0.1) is 0 Å². The molecule has 7 heteroatoms. The summed E-state index contributed by atoms with van der Waals surface area (Å²) in [5.41, 5.74) is -0.0602. The quantitative estimate of drug-likeness (QED) is 0.696. The first-order valence-corrected chi connectivity index (χ1v) is 4.86. The Balaban J connectivity index is 0.000000324. The van der Waals surface area contributed by atoms with Gasteiger partial charge in [0.2, 0.25) is 0 Å². The molecule has 2 aromatic rings. The van der Waals surface area contributed by atoms with E-state index in [-0.39, 0.29) is 28.2 Å². The van der Waals surface area contributed by atoms with E-state index in [9.17, 15) is 19.8 Å². The Morgan fingerprint density at radius 1 is 0.789 bits per heavy atom. The fourth-order valence-corrected chi connectivity index (χ4v) is 0.967. The summed E-state index contributed by atoms with van der Waals surface area (Å²) in [5, 5.41) is 20.1. The SMILES string of the molecule is O=C([O-])c1ccccn1.O=C([O-])c1ccccn1.[Co+3]. The van der Waals surface area contributed by atoms with E-state index >= 15 is 0 Å². The van der Waals surface area contributed by atoms with E-state index in [1.54, 1.807) is 24.3 Å². The van der Waals surface area contributed by atoms with Crippen LogP contribution in [0.4, 0.5) is 0 Å². The number of rotatable bonds is 2. The number of pyridine rings is 2. The van der Waals surface area contributed by atoms with E-state index in [1.165, 1.54) is 24.5 Å². The fourth-order valence-electron chi connectivity index (χ4n) is 0.967. The van der Waals surface area contributed by atoms with Crippen molar-refractivity contribution >= 4 is 11.9 Å². The Bertz CT molecular complexity index is 470. The molecule has 0 unspecified atom stereocenters. The monoisotopic (exact) mass is 303 g/mol. The van der Waals surface area contributed by atoms with Crippen molar-refractivity contribution < 1.29 is 36.6 Å². The van der Waals surface area contributed by atoms with E-state index in [2.05, 4.69) is 9.97 Å². The second-order valence-electron chi connectivity index (χ2n) is 3.00. The molecule has 6 nitrogen and oxygen atoms in total. The summed E-state index contributed by atoms with van der Waals surface area (Å²) in [7, 11) is 0. The summed E-state index contributed by atoms with van der Waals surface area (Å²) >= 11 is 0. The summed E-state index contributed by atoms with van der Waals surface area (Å²) in [6.45, 7) is 0. The minimum absolute atomic E-state index is 0. The largest absolute Gasteiger partial charge is 3.00 e. The van der Waals surface area contributed by atoms with Gasteiger partial charge < -0.3 is 19.8 Å². The van der Waals surface area contributed by atoms with Gasteiger partial charge in [0.1, 0.15) is 0 Å². The van der Waals surface area contributed by atoms with Gasteiger partial charge in [0.05, 0.1) is 23.3 Å². The second kappa shape index (κ2) is 8.78. The number of carboxylic acids is 2. The summed E-state index contributed by atoms with van der Waals surface area (Å²) in [5.74, 6) is -2.48. The maximum atomic E-state index is 10.0. The predicted octanol–water partition coefficient (Wildman–Crippen LogP) is -1.11. The van der Waals surface area contributed by atoms with Crippen molar-refractivity contribution in [1.29, 1.82) is 0 Å². The summed E-state index contributed by atoms with van der Waals surface area (Å²) in [4.78, 5) is 27.1. The van der Waals surface area contributed by atoms with Crippen molar-refractivity contribution in [3.8, 4) is 0 Å². The van der Waals surface area contributed by atoms with E-state index in [4.69, 9.17) is 0 Å². The van der Waals surface area contributed by atoms with Gasteiger partial charge in [-0.2, -0.15) is 0 Å². The molecule has 0 fully saturated rings. The Kier molecular flexibility index (Phi) is 7.74. The minimum Gasteiger partial charge on any atom is -0.543 e. The van der Waals surface area contributed by atoms with Crippen molar-refractivity contribution in [2.75, 3.05) is 0 Å². The van der Waals surface area contributed by atoms with E-state index in [1.807, 2.05) is 0 Å². The predicted molar refractivity (Wildman–Crippen MR) is 57.1 cm³/mol. The number of aromatic carboxylic acids is 2. The molecular formula is C12H8CoN2O4+. The molecule has 0 amide bonds. The topological polar surface area (TPSA) is 106 Å². The van der Waals surface area contributed by atoms with Gasteiger partial charge in [0.25, 0.3) is 0 Å². The average molecular weight is 303 g/mol. The zero-order valence-corrected chi connectivity index (χ0v) is 10.5. The van der Waals surface area contributed by atoms with Crippen LogP contribution >= 0.6 is 0 Å². The van der Waals surface area contributed by atoms with Crippen LogP contribution in [0.25, 0.3) is 0 Å². The van der Waals surface area contributed by atoms with Gasteiger partial charge in [-0.3, -0.25) is 9.97 Å². The normalized spacial score (nSPS) is 8.42. The number of hydrogen-bond acceptors (Lipinski definition) is 6. The van der Waals surface area contributed by atoms with Crippen molar-refractivity contribution in [2.24, 2.45) is 0 Å². The van der Waals surface area contributed by atoms with Crippen LogP contribution in [-0.4, -0.2) is 21.9 Å². The molecule has 19 heavy (non-hydrogen) atoms. The van der Waals surface area contributed by atoms with Crippen molar-refractivity contribution in [2.45, 2.75) is 0 Å². The molecule has 0 aromatic carbocycles. The molecule has 0 saturated carbocycles. The second-order valence-corrected chi connectivity index (χ2v) is 3.00. The number of hydrogen-bond donors (Lipinski definition) is 0. The van der Waals surface area contributed by atoms with Gasteiger partial charge in [-0.25, -0.2) is 0 Å². The molecule has 0 atom stereocenters. The van der Waals surface area contributed by atoms with Crippen molar-refractivity contribution in [1.82, 2.24) is 9.97 Å². The maximum absolute atomic E-state index is 10.0. The number of carboxylic acid groups (broad SMARTS) is 2. The number of carbonyl (C=O) groups is 2. The molecule has 2 aromatic heterocycles. The fraction of sp³-hybridized carbons (Fsp3) is 0. The molecule has 0 aliphatic carbocycles. The van der Waals surface area contributed by atoms with Crippen LogP contribution in [0.1, 0.15) is 21.0 Å². The number of nitrogens with zero attached hydrogens (tertiary/aromatic N) is 2. The molecule has 0 aliphatic heterocycles. The third-order valence-corrected chi connectivity index (χ3v) is 1.75. The van der Waals surface area contributed by atoms with Crippen LogP contribution in [0.5, 0.6) is 0 Å². The third kappa shape index (κ3) is 6.29. The Hall–Kier alpha value is -2.25. The number of carbonyl (C=O) groups excluding carboxylic acids is 2. The Morgan fingerprint density at radius 3 is 1.32 bits per heavy atom. The van der Waals surface area contributed by atoms with Crippen molar-refractivity contribution in [3.05, 3.63) is 60.2 Å². The summed E-state index contributed by atoms with van der Waals surface area (Å²) in [6.07, 6.45) is 2.82. The smallest absolute Gasteiger partial charge is 0.543 e. The molecule has 0 aliphatic rings. The standard InChI is InChI=1S/2C6H5NO2.Co/c2*8-6(9)5-3-1-2-4-7-5;/h2*1-4H,(H,8,9);/q;;+3/p-2. The van der Waals surface area contributed by atoms with Crippen molar-refractivity contribution in [3.63, 3.8) is 0 Å². The molecule has 0 spiro atoms. The van der Waals surface area contributed by atoms with Crippen LogP contribution in [0.2, 0.25) is 0 Å². The van der Waals surface area contributed by atoms with Gasteiger partial charge >= 0.3 is 16.8 Å². The first-order valence-electron chi connectivity index (χ1n) is 4.86. The van der Waals surface area contributed by atoms with Crippen LogP contribution in [0.15, 0.2) is 48.8 Å². The zero-order valence-electron chi connectivity index (χ0n) is 9.48. The zero-order chi connectivity index (χ0) is 13.4. The molecule has 0 radical (unpaired) electrons. The van der Waals surface area contributed by atoms with E-state index in [0.29, 0.717) is 0 Å². The van der Waals surface area contributed by atoms with Crippen LogP contribution in [0, 0.1) is 0 Å². The average Bonchev–Trinajstić information content (AvgIpc) is 2.41. The molecular weight excluding hydrogens is 295 g/mol. The van der Waals surface area contributed by atoms with Gasteiger partial charge in [0, 0.05) is 12.4 Å². The van der Waals surface area contributed by atoms with E-state index < -0.39 is 11.9 Å². The molecule has 0 bridgehead atoms. The first kappa shape index (κ1) is 16.7. The summed E-state index contributed by atoms with van der Waals surface area (Å²) < 4.78 is 0. The Labute approximate surface area is 119 Å². The van der Waals surface area contributed by atoms with Gasteiger partial charge in [0.15, 0.2) is 0 Å². The molecule has 2 heterocycles. The van der Waals surface area contributed by atoms with Crippen LogP contribution in [0.3, 0.4) is 0 Å².